The molecule has 0 spiro atoms. The van der Waals surface area contributed by atoms with Gasteiger partial charge in [0.25, 0.3) is 5.91 Å². The lowest BCUT2D eigenvalue weighted by Crippen LogP contribution is -2.34. The Morgan fingerprint density at radius 3 is 2.71 bits per heavy atom. The van der Waals surface area contributed by atoms with Gasteiger partial charge in [0, 0.05) is 22.8 Å². The number of rotatable bonds is 5. The molecule has 2 amide bonds. The van der Waals surface area contributed by atoms with Gasteiger partial charge in [0.1, 0.15) is 5.69 Å². The highest BCUT2D eigenvalue weighted by atomic mass is 35.5. The Balaban J connectivity index is 1.57. The number of nitro groups is 1. The van der Waals surface area contributed by atoms with Gasteiger partial charge < -0.3 is 10.2 Å². The lowest BCUT2D eigenvalue weighted by Gasteiger charge is -2.30. The molecule has 2 aromatic carbocycles. The summed E-state index contributed by atoms with van der Waals surface area (Å²) in [5, 5.41) is 20.7. The number of aromatic nitrogens is 2. The summed E-state index contributed by atoms with van der Waals surface area (Å²) in [6, 6.07) is 12.5. The van der Waals surface area contributed by atoms with Crippen LogP contribution in [0.3, 0.4) is 0 Å². The van der Waals surface area contributed by atoms with Crippen molar-refractivity contribution in [3.63, 3.8) is 0 Å². The summed E-state index contributed by atoms with van der Waals surface area (Å²) in [4.78, 5) is 37.3. The number of halogens is 1. The standard InChI is InChI=1S/C21H18ClN5O4/c1-12-20(27(30)31)19(25-24-12)21(29)23-16-7-8-17-14(10-16)4-9-18(28)26(17)11-13-2-5-15(22)6-3-13/h2-3,5-8,10H,4,9,11H2,1H3,(H,23,29)(H,24,25). The van der Waals surface area contributed by atoms with Gasteiger partial charge in [-0.3, -0.25) is 24.8 Å². The zero-order valence-corrected chi connectivity index (χ0v) is 17.3. The van der Waals surface area contributed by atoms with Crippen LogP contribution >= 0.6 is 11.6 Å². The minimum absolute atomic E-state index is 0.0156. The summed E-state index contributed by atoms with van der Waals surface area (Å²) >= 11 is 5.94. The smallest absolute Gasteiger partial charge is 0.320 e. The van der Waals surface area contributed by atoms with Crippen LogP contribution in [0, 0.1) is 17.0 Å². The van der Waals surface area contributed by atoms with Crippen molar-refractivity contribution < 1.29 is 14.5 Å². The molecule has 0 atom stereocenters. The number of amides is 2. The predicted octanol–water partition coefficient (Wildman–Crippen LogP) is 4.01. The van der Waals surface area contributed by atoms with Crippen LogP contribution in [0.5, 0.6) is 0 Å². The molecular formula is C21H18ClN5O4. The number of nitrogens with one attached hydrogen (secondary N) is 2. The van der Waals surface area contributed by atoms with E-state index in [0.717, 1.165) is 16.8 Å². The number of anilines is 2. The van der Waals surface area contributed by atoms with Crippen LogP contribution < -0.4 is 10.2 Å². The predicted molar refractivity (Wildman–Crippen MR) is 115 cm³/mol. The van der Waals surface area contributed by atoms with Crippen LogP contribution in [-0.2, 0) is 17.8 Å². The first-order valence-corrected chi connectivity index (χ1v) is 9.89. The first-order chi connectivity index (χ1) is 14.8. The molecule has 9 nitrogen and oxygen atoms in total. The first kappa shape index (κ1) is 20.5. The van der Waals surface area contributed by atoms with Gasteiger partial charge >= 0.3 is 5.69 Å². The quantitative estimate of drug-likeness (QED) is 0.459. The van der Waals surface area contributed by atoms with Crippen LogP contribution in [0.2, 0.25) is 5.02 Å². The summed E-state index contributed by atoms with van der Waals surface area (Å²) in [6.45, 7) is 1.89. The number of hydrogen-bond acceptors (Lipinski definition) is 5. The number of carbonyl (C=O) groups is 2. The molecular weight excluding hydrogens is 422 g/mol. The molecule has 1 aliphatic rings. The molecule has 2 N–H and O–H groups in total. The topological polar surface area (TPSA) is 121 Å². The third kappa shape index (κ3) is 4.13. The second-order valence-electron chi connectivity index (χ2n) is 7.21. The zero-order chi connectivity index (χ0) is 22.1. The molecule has 0 radical (unpaired) electrons. The van der Waals surface area contributed by atoms with Crippen LogP contribution in [-0.4, -0.2) is 26.9 Å². The Labute approximate surface area is 182 Å². The fourth-order valence-corrected chi connectivity index (χ4v) is 3.70. The molecule has 158 valence electrons. The minimum atomic E-state index is -0.680. The molecule has 0 bridgehead atoms. The normalized spacial score (nSPS) is 13.1. The number of benzene rings is 2. The maximum atomic E-state index is 12.5. The summed E-state index contributed by atoms with van der Waals surface area (Å²) in [5.41, 5.74) is 2.67. The Morgan fingerprint density at radius 1 is 1.26 bits per heavy atom. The maximum absolute atomic E-state index is 12.5. The SMILES string of the molecule is Cc1[nH]nc(C(=O)Nc2ccc3c(c2)CCC(=O)N3Cc2ccc(Cl)cc2)c1[N+](=O)[O-]. The molecule has 4 rings (SSSR count). The first-order valence-electron chi connectivity index (χ1n) is 9.52. The molecule has 0 unspecified atom stereocenters. The van der Waals surface area contributed by atoms with Crippen molar-refractivity contribution >= 4 is 40.5 Å². The molecule has 2 heterocycles. The lowest BCUT2D eigenvalue weighted by molar-refractivity contribution is -0.385. The third-order valence-electron chi connectivity index (χ3n) is 5.10. The summed E-state index contributed by atoms with van der Waals surface area (Å²) in [5.74, 6) is -0.664. The fraction of sp³-hybridized carbons (Fsp3) is 0.190. The number of fused-ring (bicyclic) bond motifs is 1. The number of nitrogens with zero attached hydrogens (tertiary/aromatic N) is 3. The number of aromatic amines is 1. The van der Waals surface area contributed by atoms with Crippen molar-refractivity contribution in [2.45, 2.75) is 26.3 Å². The van der Waals surface area contributed by atoms with Crippen molar-refractivity contribution in [1.29, 1.82) is 0 Å². The average Bonchev–Trinajstić information content (AvgIpc) is 3.13. The van der Waals surface area contributed by atoms with E-state index in [1.54, 1.807) is 35.2 Å². The average molecular weight is 440 g/mol. The maximum Gasteiger partial charge on any atom is 0.322 e. The zero-order valence-electron chi connectivity index (χ0n) is 16.5. The molecule has 10 heteroatoms. The van der Waals surface area contributed by atoms with E-state index in [2.05, 4.69) is 15.5 Å². The van der Waals surface area contributed by atoms with E-state index in [9.17, 15) is 19.7 Å². The molecule has 1 aromatic heterocycles. The van der Waals surface area contributed by atoms with Gasteiger partial charge in [0.15, 0.2) is 0 Å². The van der Waals surface area contributed by atoms with E-state index in [0.29, 0.717) is 30.1 Å². The minimum Gasteiger partial charge on any atom is -0.320 e. The van der Waals surface area contributed by atoms with Crippen molar-refractivity contribution in [3.8, 4) is 0 Å². The van der Waals surface area contributed by atoms with Gasteiger partial charge in [0.05, 0.1) is 11.5 Å². The third-order valence-corrected chi connectivity index (χ3v) is 5.36. The van der Waals surface area contributed by atoms with E-state index in [4.69, 9.17) is 11.6 Å². The van der Waals surface area contributed by atoms with E-state index >= 15 is 0 Å². The molecule has 31 heavy (non-hydrogen) atoms. The van der Waals surface area contributed by atoms with Gasteiger partial charge in [0.2, 0.25) is 11.6 Å². The Hall–Kier alpha value is -3.72. The summed E-state index contributed by atoms with van der Waals surface area (Å²) in [6.07, 6.45) is 0.888. The number of hydrogen-bond donors (Lipinski definition) is 2. The second-order valence-corrected chi connectivity index (χ2v) is 7.64. The van der Waals surface area contributed by atoms with Gasteiger partial charge in [-0.2, -0.15) is 5.10 Å². The summed E-state index contributed by atoms with van der Waals surface area (Å²) in [7, 11) is 0. The van der Waals surface area contributed by atoms with Crippen molar-refractivity contribution in [3.05, 3.63) is 80.1 Å². The van der Waals surface area contributed by atoms with Crippen LogP contribution in [0.4, 0.5) is 17.1 Å². The molecule has 0 saturated heterocycles. The Kier molecular flexibility index (Phi) is 5.43. The highest BCUT2D eigenvalue weighted by Gasteiger charge is 2.28. The van der Waals surface area contributed by atoms with Gasteiger partial charge in [-0.15, -0.1) is 0 Å². The highest BCUT2D eigenvalue weighted by molar-refractivity contribution is 6.30. The number of carbonyl (C=O) groups excluding carboxylic acids is 2. The monoisotopic (exact) mass is 439 g/mol. The molecule has 0 saturated carbocycles. The molecule has 1 aliphatic heterocycles. The molecule has 3 aromatic rings. The summed E-state index contributed by atoms with van der Waals surface area (Å²) < 4.78 is 0. The molecule has 0 aliphatic carbocycles. The van der Waals surface area contributed by atoms with Crippen molar-refractivity contribution in [1.82, 2.24) is 10.2 Å². The van der Waals surface area contributed by atoms with E-state index in [1.165, 1.54) is 6.92 Å². The van der Waals surface area contributed by atoms with Crippen LogP contribution in [0.15, 0.2) is 42.5 Å². The van der Waals surface area contributed by atoms with Gasteiger partial charge in [-0.25, -0.2) is 0 Å². The Bertz CT molecular complexity index is 1190. The van der Waals surface area contributed by atoms with Crippen LogP contribution in [0.25, 0.3) is 0 Å². The van der Waals surface area contributed by atoms with Gasteiger partial charge in [-0.05, 0) is 54.8 Å². The van der Waals surface area contributed by atoms with Crippen LogP contribution in [0.1, 0.15) is 33.7 Å². The Morgan fingerprint density at radius 2 is 2.00 bits per heavy atom. The number of aryl methyl sites for hydroxylation is 2. The van der Waals surface area contributed by atoms with E-state index in [-0.39, 0.29) is 23.0 Å². The fourth-order valence-electron chi connectivity index (χ4n) is 3.58. The van der Waals surface area contributed by atoms with Crippen molar-refractivity contribution in [2.24, 2.45) is 0 Å². The van der Waals surface area contributed by atoms with E-state index < -0.39 is 10.8 Å². The highest BCUT2D eigenvalue weighted by Crippen LogP contribution is 2.32. The largest absolute Gasteiger partial charge is 0.322 e. The molecule has 0 fully saturated rings. The number of H-pyrrole nitrogens is 1. The van der Waals surface area contributed by atoms with Gasteiger partial charge in [-0.1, -0.05) is 23.7 Å². The van der Waals surface area contributed by atoms with Crippen molar-refractivity contribution in [2.75, 3.05) is 10.2 Å². The lowest BCUT2D eigenvalue weighted by atomic mass is 9.99. The van der Waals surface area contributed by atoms with E-state index in [1.807, 2.05) is 12.1 Å². The second kappa shape index (κ2) is 8.19.